The molecule has 0 saturated heterocycles. The first-order valence-electron chi connectivity index (χ1n) is 7.98. The summed E-state index contributed by atoms with van der Waals surface area (Å²) in [4.78, 5) is 28.0. The van der Waals surface area contributed by atoms with Gasteiger partial charge in [-0.1, -0.05) is 41.9 Å². The minimum Gasteiger partial charge on any atom is -0.285 e. The van der Waals surface area contributed by atoms with Gasteiger partial charge in [0, 0.05) is 28.6 Å². The van der Waals surface area contributed by atoms with Crippen LogP contribution in [0.2, 0.25) is 5.02 Å². The van der Waals surface area contributed by atoms with Gasteiger partial charge in [0.1, 0.15) is 5.52 Å². The molecule has 1 aromatic heterocycles. The van der Waals surface area contributed by atoms with Crippen molar-refractivity contribution in [1.29, 1.82) is 0 Å². The molecule has 1 saturated carbocycles. The molecular weight excluding hydrogens is 342 g/mol. The van der Waals surface area contributed by atoms with Gasteiger partial charge in [-0.25, -0.2) is 4.79 Å². The highest BCUT2D eigenvalue weighted by atomic mass is 35.5. The zero-order chi connectivity index (χ0) is 17.6. The Morgan fingerprint density at radius 1 is 1.24 bits per heavy atom. The van der Waals surface area contributed by atoms with Crippen LogP contribution in [0.4, 0.5) is 5.69 Å². The average Bonchev–Trinajstić information content (AvgIpc) is 3.41. The lowest BCUT2D eigenvalue weighted by atomic mass is 10.1. The second kappa shape index (κ2) is 5.97. The Morgan fingerprint density at radius 3 is 2.60 bits per heavy atom. The zero-order valence-corrected chi connectivity index (χ0v) is 13.9. The fourth-order valence-corrected chi connectivity index (χ4v) is 3.26. The Kier molecular flexibility index (Phi) is 3.77. The van der Waals surface area contributed by atoms with Gasteiger partial charge in [0.2, 0.25) is 0 Å². The van der Waals surface area contributed by atoms with Crippen LogP contribution in [0.15, 0.2) is 47.3 Å². The molecule has 0 N–H and O–H groups in total. The summed E-state index contributed by atoms with van der Waals surface area (Å²) in [5.41, 5.74) is 0.793. The van der Waals surface area contributed by atoms with Gasteiger partial charge in [-0.3, -0.25) is 14.7 Å². The Hall–Kier alpha value is -2.73. The fourth-order valence-electron chi connectivity index (χ4n) is 3.04. The average molecular weight is 356 g/mol. The summed E-state index contributed by atoms with van der Waals surface area (Å²) in [6.07, 6.45) is 2.05. The quantitative estimate of drug-likeness (QED) is 0.522. The van der Waals surface area contributed by atoms with E-state index in [1.165, 1.54) is 10.6 Å². The molecule has 25 heavy (non-hydrogen) atoms. The van der Waals surface area contributed by atoms with E-state index in [0.29, 0.717) is 29.1 Å². The minimum atomic E-state index is -0.494. The van der Waals surface area contributed by atoms with E-state index in [2.05, 4.69) is 4.98 Å². The SMILES string of the molecule is O=c1nc(-c2ccccc2)c2cc(Cl)cc([N+](=O)[O-])c2n1CC1CC1. The van der Waals surface area contributed by atoms with Crippen molar-refractivity contribution in [2.45, 2.75) is 19.4 Å². The Labute approximate surface area is 147 Å². The molecular formula is C18H14ClN3O3. The molecule has 0 amide bonds. The highest BCUT2D eigenvalue weighted by Crippen LogP contribution is 2.36. The van der Waals surface area contributed by atoms with E-state index in [1.54, 1.807) is 6.07 Å². The van der Waals surface area contributed by atoms with Crippen LogP contribution in [0.1, 0.15) is 12.8 Å². The van der Waals surface area contributed by atoms with Crippen LogP contribution in [0.25, 0.3) is 22.2 Å². The number of nitrogens with zero attached hydrogens (tertiary/aromatic N) is 3. The summed E-state index contributed by atoms with van der Waals surface area (Å²) in [6.45, 7) is 0.444. The van der Waals surface area contributed by atoms with E-state index in [1.807, 2.05) is 30.3 Å². The molecule has 4 rings (SSSR count). The predicted octanol–water partition coefficient (Wildman–Crippen LogP) is 4.04. The summed E-state index contributed by atoms with van der Waals surface area (Å²) >= 11 is 6.12. The van der Waals surface area contributed by atoms with Crippen LogP contribution in [0.3, 0.4) is 0 Å². The van der Waals surface area contributed by atoms with Gasteiger partial charge in [0.15, 0.2) is 0 Å². The second-order valence-corrected chi connectivity index (χ2v) is 6.68. The number of nitro benzene ring substituents is 1. The van der Waals surface area contributed by atoms with E-state index in [0.717, 1.165) is 18.4 Å². The number of hydrogen-bond donors (Lipinski definition) is 0. The topological polar surface area (TPSA) is 78.0 Å². The van der Waals surface area contributed by atoms with Gasteiger partial charge in [0.25, 0.3) is 5.69 Å². The molecule has 126 valence electrons. The highest BCUT2D eigenvalue weighted by molar-refractivity contribution is 6.32. The number of aromatic nitrogens is 2. The molecule has 3 aromatic rings. The van der Waals surface area contributed by atoms with Crippen molar-refractivity contribution >= 4 is 28.2 Å². The normalized spacial score (nSPS) is 14.0. The monoisotopic (exact) mass is 355 g/mol. The molecule has 1 fully saturated rings. The van der Waals surface area contributed by atoms with Crippen molar-refractivity contribution in [3.63, 3.8) is 0 Å². The fraction of sp³-hybridized carbons (Fsp3) is 0.222. The zero-order valence-electron chi connectivity index (χ0n) is 13.2. The van der Waals surface area contributed by atoms with Crippen LogP contribution in [0, 0.1) is 16.0 Å². The summed E-state index contributed by atoms with van der Waals surface area (Å²) in [7, 11) is 0. The molecule has 7 heteroatoms. The van der Waals surface area contributed by atoms with Gasteiger partial charge >= 0.3 is 5.69 Å². The van der Waals surface area contributed by atoms with Gasteiger partial charge in [-0.2, -0.15) is 4.98 Å². The summed E-state index contributed by atoms with van der Waals surface area (Å²) in [6, 6.07) is 12.1. The van der Waals surface area contributed by atoms with Crippen molar-refractivity contribution in [2.75, 3.05) is 0 Å². The third kappa shape index (κ3) is 2.89. The molecule has 1 aliphatic carbocycles. The number of hydrogen-bond acceptors (Lipinski definition) is 4. The van der Waals surface area contributed by atoms with E-state index in [4.69, 9.17) is 11.6 Å². The van der Waals surface area contributed by atoms with Crippen molar-refractivity contribution in [3.8, 4) is 11.3 Å². The molecule has 6 nitrogen and oxygen atoms in total. The molecule has 0 radical (unpaired) electrons. The van der Waals surface area contributed by atoms with Crippen LogP contribution in [-0.2, 0) is 6.54 Å². The summed E-state index contributed by atoms with van der Waals surface area (Å²) in [5, 5.41) is 12.4. The molecule has 0 aliphatic heterocycles. The lowest BCUT2D eigenvalue weighted by molar-refractivity contribution is -0.383. The standard InChI is InChI=1S/C18H14ClN3O3/c19-13-8-14-16(12-4-2-1-3-5-12)20-18(23)21(10-11-6-7-11)17(14)15(9-13)22(24)25/h1-5,8-9,11H,6-7,10H2. The van der Waals surface area contributed by atoms with Crippen molar-refractivity contribution in [3.05, 3.63) is 68.1 Å². The molecule has 2 aromatic carbocycles. The van der Waals surface area contributed by atoms with Crippen molar-refractivity contribution in [2.24, 2.45) is 5.92 Å². The molecule has 1 aliphatic rings. The molecule has 0 unspecified atom stereocenters. The van der Waals surface area contributed by atoms with Crippen molar-refractivity contribution < 1.29 is 4.92 Å². The smallest absolute Gasteiger partial charge is 0.285 e. The number of benzene rings is 2. The number of nitro groups is 1. The summed E-state index contributed by atoms with van der Waals surface area (Å²) in [5.74, 6) is 0.376. The first kappa shape index (κ1) is 15.8. The van der Waals surface area contributed by atoms with E-state index >= 15 is 0 Å². The van der Waals surface area contributed by atoms with Crippen LogP contribution < -0.4 is 5.69 Å². The molecule has 1 heterocycles. The van der Waals surface area contributed by atoms with E-state index < -0.39 is 10.6 Å². The Bertz CT molecular complexity index is 1040. The lowest BCUT2D eigenvalue weighted by Crippen LogP contribution is -2.25. The van der Waals surface area contributed by atoms with Gasteiger partial charge < -0.3 is 0 Å². The van der Waals surface area contributed by atoms with Crippen LogP contribution in [-0.4, -0.2) is 14.5 Å². The largest absolute Gasteiger partial charge is 0.348 e. The Morgan fingerprint density at radius 2 is 1.96 bits per heavy atom. The van der Waals surface area contributed by atoms with Crippen LogP contribution >= 0.6 is 11.6 Å². The van der Waals surface area contributed by atoms with E-state index in [9.17, 15) is 14.9 Å². The molecule has 0 atom stereocenters. The number of fused-ring (bicyclic) bond motifs is 1. The first-order chi connectivity index (χ1) is 12.0. The lowest BCUT2D eigenvalue weighted by Gasteiger charge is -2.13. The maximum absolute atomic E-state index is 12.6. The third-order valence-electron chi connectivity index (χ3n) is 4.40. The second-order valence-electron chi connectivity index (χ2n) is 6.24. The number of rotatable bonds is 4. The van der Waals surface area contributed by atoms with E-state index in [-0.39, 0.29) is 10.7 Å². The highest BCUT2D eigenvalue weighted by Gasteiger charge is 2.27. The maximum Gasteiger partial charge on any atom is 0.348 e. The number of halogens is 1. The third-order valence-corrected chi connectivity index (χ3v) is 4.62. The van der Waals surface area contributed by atoms with Crippen molar-refractivity contribution in [1.82, 2.24) is 9.55 Å². The first-order valence-corrected chi connectivity index (χ1v) is 8.36. The predicted molar refractivity (Wildman–Crippen MR) is 95.8 cm³/mol. The van der Waals surface area contributed by atoms with Gasteiger partial charge in [-0.05, 0) is 24.8 Å². The van der Waals surface area contributed by atoms with Gasteiger partial charge in [-0.15, -0.1) is 0 Å². The van der Waals surface area contributed by atoms with Crippen LogP contribution in [0.5, 0.6) is 0 Å². The number of non-ortho nitro benzene ring substituents is 1. The Balaban J connectivity index is 2.11. The minimum absolute atomic E-state index is 0.167. The maximum atomic E-state index is 12.6. The summed E-state index contributed by atoms with van der Waals surface area (Å²) < 4.78 is 1.42. The van der Waals surface area contributed by atoms with Gasteiger partial charge in [0.05, 0.1) is 10.6 Å². The molecule has 0 bridgehead atoms. The molecule has 0 spiro atoms.